The Kier molecular flexibility index (Phi) is 2.79. The third-order valence-electron chi connectivity index (χ3n) is 3.03. The van der Waals surface area contributed by atoms with Crippen molar-refractivity contribution in [1.82, 2.24) is 4.98 Å². The Balaban J connectivity index is 2.70. The minimum Gasteiger partial charge on any atom is -0.478 e. The number of aromatic amines is 1. The van der Waals surface area contributed by atoms with E-state index in [0.29, 0.717) is 11.4 Å². The van der Waals surface area contributed by atoms with Crippen LogP contribution in [0.1, 0.15) is 24.2 Å². The normalized spacial score (nSPS) is 11.1. The summed E-state index contributed by atoms with van der Waals surface area (Å²) in [7, 11) is 1.89. The highest BCUT2D eigenvalue weighted by atomic mass is 16.4. The first-order valence-electron chi connectivity index (χ1n) is 5.59. The molecule has 0 unspecified atom stereocenters. The van der Waals surface area contributed by atoms with Gasteiger partial charge in [-0.05, 0) is 19.9 Å². The molecule has 0 aliphatic heterocycles. The number of benzene rings is 1. The highest BCUT2D eigenvalue weighted by Crippen LogP contribution is 2.29. The summed E-state index contributed by atoms with van der Waals surface area (Å²) in [5.74, 6) is -0.237. The summed E-state index contributed by atoms with van der Waals surface area (Å²) in [6, 6.07) is 7.69. The minimum absolute atomic E-state index is 0.237. The standard InChI is InChI=1S/C13H16N2O2/c1-8(2)15(3)12-11(13(16)17)9-6-4-5-7-10(9)14-12/h4-8,14H,1-3H3,(H,16,17). The molecule has 90 valence electrons. The number of anilines is 1. The van der Waals surface area contributed by atoms with E-state index >= 15 is 0 Å². The van der Waals surface area contributed by atoms with Gasteiger partial charge in [-0.1, -0.05) is 18.2 Å². The topological polar surface area (TPSA) is 56.3 Å². The summed E-state index contributed by atoms with van der Waals surface area (Å²) in [5.41, 5.74) is 1.20. The van der Waals surface area contributed by atoms with E-state index in [-0.39, 0.29) is 6.04 Å². The third-order valence-corrected chi connectivity index (χ3v) is 3.03. The molecule has 1 heterocycles. The zero-order chi connectivity index (χ0) is 12.6. The monoisotopic (exact) mass is 232 g/mol. The van der Waals surface area contributed by atoms with Crippen molar-refractivity contribution >= 4 is 22.7 Å². The van der Waals surface area contributed by atoms with Crippen molar-refractivity contribution in [2.45, 2.75) is 19.9 Å². The number of H-pyrrole nitrogens is 1. The summed E-state index contributed by atoms with van der Waals surface area (Å²) >= 11 is 0. The van der Waals surface area contributed by atoms with E-state index in [1.54, 1.807) is 0 Å². The molecule has 0 bridgehead atoms. The predicted molar refractivity (Wildman–Crippen MR) is 68.8 cm³/mol. The van der Waals surface area contributed by atoms with Crippen LogP contribution >= 0.6 is 0 Å². The van der Waals surface area contributed by atoms with Gasteiger partial charge in [-0.3, -0.25) is 0 Å². The van der Waals surface area contributed by atoms with Crippen LogP contribution in [0.3, 0.4) is 0 Å². The van der Waals surface area contributed by atoms with Crippen LogP contribution in [-0.2, 0) is 0 Å². The van der Waals surface area contributed by atoms with Gasteiger partial charge in [0.1, 0.15) is 11.4 Å². The third kappa shape index (κ3) is 1.86. The molecule has 4 nitrogen and oxygen atoms in total. The number of hydrogen-bond donors (Lipinski definition) is 2. The molecule has 2 N–H and O–H groups in total. The Bertz CT molecular complexity index is 558. The Hall–Kier alpha value is -1.97. The minimum atomic E-state index is -0.898. The summed E-state index contributed by atoms with van der Waals surface area (Å²) in [4.78, 5) is 16.5. The second kappa shape index (κ2) is 4.13. The quantitative estimate of drug-likeness (QED) is 0.855. The lowest BCUT2D eigenvalue weighted by atomic mass is 10.1. The van der Waals surface area contributed by atoms with Crippen LogP contribution in [0.4, 0.5) is 5.82 Å². The fourth-order valence-electron chi connectivity index (χ4n) is 1.87. The molecule has 1 aromatic carbocycles. The number of nitrogens with zero attached hydrogens (tertiary/aromatic N) is 1. The Morgan fingerprint density at radius 1 is 1.35 bits per heavy atom. The SMILES string of the molecule is CC(C)N(C)c1[nH]c2ccccc2c1C(=O)O. The number of rotatable bonds is 3. The zero-order valence-electron chi connectivity index (χ0n) is 10.2. The summed E-state index contributed by atoms with van der Waals surface area (Å²) in [5, 5.41) is 10.1. The van der Waals surface area contributed by atoms with Crippen LogP contribution in [-0.4, -0.2) is 29.1 Å². The van der Waals surface area contributed by atoms with Gasteiger partial charge in [0.15, 0.2) is 0 Å². The lowest BCUT2D eigenvalue weighted by Crippen LogP contribution is -2.27. The van der Waals surface area contributed by atoms with Gasteiger partial charge in [0.05, 0.1) is 0 Å². The van der Waals surface area contributed by atoms with Crippen LogP contribution in [0, 0.1) is 0 Å². The highest BCUT2D eigenvalue weighted by molar-refractivity contribution is 6.08. The fraction of sp³-hybridized carbons (Fsp3) is 0.308. The molecule has 0 saturated carbocycles. The first-order chi connectivity index (χ1) is 8.02. The van der Waals surface area contributed by atoms with Gasteiger partial charge in [0, 0.05) is 24.0 Å². The Morgan fingerprint density at radius 2 is 2.00 bits per heavy atom. The molecule has 2 aromatic rings. The number of hydrogen-bond acceptors (Lipinski definition) is 2. The smallest absolute Gasteiger partial charge is 0.340 e. The molecule has 1 aromatic heterocycles. The zero-order valence-corrected chi connectivity index (χ0v) is 10.2. The van der Waals surface area contributed by atoms with Crippen molar-refractivity contribution in [2.75, 3.05) is 11.9 Å². The molecule has 0 amide bonds. The predicted octanol–water partition coefficient (Wildman–Crippen LogP) is 2.71. The van der Waals surface area contributed by atoms with E-state index in [0.717, 1.165) is 10.9 Å². The van der Waals surface area contributed by atoms with Gasteiger partial charge in [-0.2, -0.15) is 0 Å². The highest BCUT2D eigenvalue weighted by Gasteiger charge is 2.21. The van der Waals surface area contributed by atoms with Crippen LogP contribution in [0.15, 0.2) is 24.3 Å². The molecule has 0 aliphatic rings. The maximum Gasteiger partial charge on any atom is 0.340 e. The molecular weight excluding hydrogens is 216 g/mol. The maximum absolute atomic E-state index is 11.4. The lowest BCUT2D eigenvalue weighted by molar-refractivity contribution is 0.0699. The summed E-state index contributed by atoms with van der Waals surface area (Å²) < 4.78 is 0. The van der Waals surface area contributed by atoms with Crippen molar-refractivity contribution in [3.8, 4) is 0 Å². The molecule has 2 rings (SSSR count). The largest absolute Gasteiger partial charge is 0.478 e. The second-order valence-corrected chi connectivity index (χ2v) is 4.40. The number of carboxylic acid groups (broad SMARTS) is 1. The van der Waals surface area contributed by atoms with Crippen molar-refractivity contribution in [1.29, 1.82) is 0 Å². The number of fused-ring (bicyclic) bond motifs is 1. The molecule has 0 saturated heterocycles. The van der Waals surface area contributed by atoms with Crippen molar-refractivity contribution in [3.63, 3.8) is 0 Å². The van der Waals surface area contributed by atoms with E-state index in [1.807, 2.05) is 50.1 Å². The van der Waals surface area contributed by atoms with Gasteiger partial charge < -0.3 is 15.0 Å². The molecule has 0 atom stereocenters. The van der Waals surface area contributed by atoms with Gasteiger partial charge >= 0.3 is 5.97 Å². The second-order valence-electron chi connectivity index (χ2n) is 4.40. The fourth-order valence-corrected chi connectivity index (χ4v) is 1.87. The molecule has 0 spiro atoms. The van der Waals surface area contributed by atoms with Gasteiger partial charge in [-0.25, -0.2) is 4.79 Å². The molecule has 0 fully saturated rings. The van der Waals surface area contributed by atoms with E-state index in [2.05, 4.69) is 4.98 Å². The molecular formula is C13H16N2O2. The van der Waals surface area contributed by atoms with E-state index in [4.69, 9.17) is 0 Å². The van der Waals surface area contributed by atoms with Crippen LogP contribution in [0.25, 0.3) is 10.9 Å². The van der Waals surface area contributed by atoms with E-state index < -0.39 is 5.97 Å². The van der Waals surface area contributed by atoms with Gasteiger partial charge in [0.25, 0.3) is 0 Å². The number of aromatic nitrogens is 1. The first-order valence-corrected chi connectivity index (χ1v) is 5.59. The first kappa shape index (κ1) is 11.5. The number of aromatic carboxylic acids is 1. The number of carboxylic acids is 1. The summed E-state index contributed by atoms with van der Waals surface area (Å²) in [6.45, 7) is 4.05. The molecule has 17 heavy (non-hydrogen) atoms. The van der Waals surface area contributed by atoms with Crippen LogP contribution in [0.5, 0.6) is 0 Å². The Morgan fingerprint density at radius 3 is 2.59 bits per heavy atom. The van der Waals surface area contributed by atoms with Crippen molar-refractivity contribution < 1.29 is 9.90 Å². The van der Waals surface area contributed by atoms with Crippen molar-refractivity contribution in [2.24, 2.45) is 0 Å². The summed E-state index contributed by atoms with van der Waals surface area (Å²) in [6.07, 6.45) is 0. The van der Waals surface area contributed by atoms with Crippen LogP contribution in [0.2, 0.25) is 0 Å². The molecule has 0 aliphatic carbocycles. The lowest BCUT2D eigenvalue weighted by Gasteiger charge is -2.22. The molecule has 4 heteroatoms. The van der Waals surface area contributed by atoms with E-state index in [1.165, 1.54) is 0 Å². The van der Waals surface area contributed by atoms with Gasteiger partial charge in [-0.15, -0.1) is 0 Å². The number of carbonyl (C=O) groups is 1. The van der Waals surface area contributed by atoms with E-state index in [9.17, 15) is 9.90 Å². The Labute approximate surface area is 99.9 Å². The average molecular weight is 232 g/mol. The van der Waals surface area contributed by atoms with Crippen LogP contribution < -0.4 is 4.90 Å². The molecule has 0 radical (unpaired) electrons. The number of nitrogens with one attached hydrogen (secondary N) is 1. The van der Waals surface area contributed by atoms with Gasteiger partial charge in [0.2, 0.25) is 0 Å². The number of para-hydroxylation sites is 1. The van der Waals surface area contributed by atoms with Crippen molar-refractivity contribution in [3.05, 3.63) is 29.8 Å². The average Bonchev–Trinajstić information content (AvgIpc) is 2.66. The maximum atomic E-state index is 11.4.